The molecule has 0 saturated heterocycles. The lowest BCUT2D eigenvalue weighted by Crippen LogP contribution is -2.33. The normalized spacial score (nSPS) is 13.1. The Morgan fingerprint density at radius 1 is 1.11 bits per heavy atom. The zero-order valence-electron chi connectivity index (χ0n) is 16.1. The highest BCUT2D eigenvalue weighted by Crippen LogP contribution is 2.27. The lowest BCUT2D eigenvalue weighted by molar-refractivity contribution is -0.120. The summed E-state index contributed by atoms with van der Waals surface area (Å²) < 4.78 is 13.1. The van der Waals surface area contributed by atoms with Gasteiger partial charge in [0, 0.05) is 11.9 Å². The van der Waals surface area contributed by atoms with E-state index in [1.54, 1.807) is 12.1 Å². The molecule has 3 rings (SSSR count). The number of hydrogen-bond donors (Lipinski definition) is 2. The van der Waals surface area contributed by atoms with Crippen LogP contribution in [0.3, 0.4) is 0 Å². The van der Waals surface area contributed by atoms with Crippen LogP contribution in [0.15, 0.2) is 53.7 Å². The minimum Gasteiger partial charge on any atom is -0.370 e. The second-order valence-corrected chi connectivity index (χ2v) is 7.75. The first-order valence-electron chi connectivity index (χ1n) is 9.21. The smallest absolute Gasteiger partial charge is 0.233 e. The van der Waals surface area contributed by atoms with Gasteiger partial charge in [-0.15, -0.1) is 0 Å². The van der Waals surface area contributed by atoms with Crippen molar-refractivity contribution in [3.8, 4) is 0 Å². The van der Waals surface area contributed by atoms with Gasteiger partial charge in [0.1, 0.15) is 11.6 Å². The van der Waals surface area contributed by atoms with Crippen LogP contribution in [-0.4, -0.2) is 27.7 Å². The summed E-state index contributed by atoms with van der Waals surface area (Å²) in [6.07, 6.45) is 0. The maximum absolute atomic E-state index is 13.1. The molecule has 0 fully saturated rings. The van der Waals surface area contributed by atoms with Gasteiger partial charge in [0.25, 0.3) is 0 Å². The van der Waals surface area contributed by atoms with Crippen LogP contribution in [0.2, 0.25) is 0 Å². The van der Waals surface area contributed by atoms with Crippen LogP contribution in [0.5, 0.6) is 0 Å². The van der Waals surface area contributed by atoms with Gasteiger partial charge in [-0.2, -0.15) is 0 Å². The van der Waals surface area contributed by atoms with E-state index in [2.05, 4.69) is 20.6 Å². The van der Waals surface area contributed by atoms with Gasteiger partial charge in [0.15, 0.2) is 5.16 Å². The van der Waals surface area contributed by atoms with Gasteiger partial charge < -0.3 is 10.6 Å². The monoisotopic (exact) mass is 398 g/mol. The number of thioether (sulfide) groups is 1. The van der Waals surface area contributed by atoms with Crippen molar-refractivity contribution >= 4 is 34.4 Å². The number of benzene rings is 2. The number of amides is 1. The molecule has 1 aromatic heterocycles. The fraction of sp³-hybridized carbons (Fsp3) is 0.286. The molecule has 0 bridgehead atoms. The topological polar surface area (TPSA) is 66.9 Å². The highest BCUT2D eigenvalue weighted by Gasteiger charge is 2.19. The van der Waals surface area contributed by atoms with Gasteiger partial charge in [-0.05, 0) is 50.6 Å². The first-order chi connectivity index (χ1) is 13.5. The molecule has 28 heavy (non-hydrogen) atoms. The van der Waals surface area contributed by atoms with E-state index >= 15 is 0 Å². The average molecular weight is 399 g/mol. The summed E-state index contributed by atoms with van der Waals surface area (Å²) in [7, 11) is 0. The van der Waals surface area contributed by atoms with Crippen LogP contribution in [0.4, 0.5) is 10.2 Å². The van der Waals surface area contributed by atoms with E-state index in [1.165, 1.54) is 23.9 Å². The molecule has 2 unspecified atom stereocenters. The summed E-state index contributed by atoms with van der Waals surface area (Å²) in [5.74, 6) is 0.350. The molecular weight excluding hydrogens is 375 g/mol. The van der Waals surface area contributed by atoms with Crippen LogP contribution < -0.4 is 10.6 Å². The van der Waals surface area contributed by atoms with Gasteiger partial charge >= 0.3 is 0 Å². The number of hydrogen-bond acceptors (Lipinski definition) is 5. The molecule has 146 valence electrons. The standard InChI is InChI=1S/C21H23FN4OS/c1-4-23-19-17-7-5-6-8-18(17)25-21(26-19)28-14(3)20(27)24-13(2)15-9-11-16(22)12-10-15/h5-14H,4H2,1-3H3,(H,24,27)(H,23,25,26). The Hall–Kier alpha value is -2.67. The maximum Gasteiger partial charge on any atom is 0.233 e. The molecule has 0 radical (unpaired) electrons. The number of para-hydroxylation sites is 1. The highest BCUT2D eigenvalue weighted by atomic mass is 32.2. The van der Waals surface area contributed by atoms with Crippen LogP contribution in [0.1, 0.15) is 32.4 Å². The third-order valence-electron chi connectivity index (χ3n) is 4.31. The van der Waals surface area contributed by atoms with Gasteiger partial charge in [-0.1, -0.05) is 36.0 Å². The highest BCUT2D eigenvalue weighted by molar-refractivity contribution is 8.00. The molecule has 0 aliphatic rings. The van der Waals surface area contributed by atoms with Gasteiger partial charge in [0.05, 0.1) is 16.8 Å². The predicted octanol–water partition coefficient (Wildman–Crippen LogP) is 4.56. The summed E-state index contributed by atoms with van der Waals surface area (Å²) >= 11 is 1.31. The lowest BCUT2D eigenvalue weighted by Gasteiger charge is -2.18. The van der Waals surface area contributed by atoms with E-state index in [0.29, 0.717) is 5.16 Å². The van der Waals surface area contributed by atoms with Crippen LogP contribution in [-0.2, 0) is 4.79 Å². The van der Waals surface area contributed by atoms with E-state index in [1.807, 2.05) is 45.0 Å². The third-order valence-corrected chi connectivity index (χ3v) is 5.27. The molecule has 0 aliphatic carbocycles. The third kappa shape index (κ3) is 4.78. The zero-order valence-corrected chi connectivity index (χ0v) is 16.9. The van der Waals surface area contributed by atoms with E-state index in [4.69, 9.17) is 0 Å². The Morgan fingerprint density at radius 2 is 1.82 bits per heavy atom. The number of nitrogens with one attached hydrogen (secondary N) is 2. The van der Waals surface area contributed by atoms with Crippen molar-refractivity contribution in [2.24, 2.45) is 0 Å². The Kier molecular flexibility index (Phi) is 6.46. The van der Waals surface area contributed by atoms with Crippen molar-refractivity contribution in [1.82, 2.24) is 15.3 Å². The second-order valence-electron chi connectivity index (χ2n) is 6.44. The van der Waals surface area contributed by atoms with Gasteiger partial charge in [-0.25, -0.2) is 14.4 Å². The molecule has 5 nitrogen and oxygen atoms in total. The minimum absolute atomic E-state index is 0.122. The van der Waals surface area contributed by atoms with E-state index in [9.17, 15) is 9.18 Å². The van der Waals surface area contributed by atoms with Crippen molar-refractivity contribution in [2.45, 2.75) is 37.2 Å². The molecule has 0 aliphatic heterocycles. The summed E-state index contributed by atoms with van der Waals surface area (Å²) in [5, 5.41) is 7.34. The van der Waals surface area contributed by atoms with E-state index in [0.717, 1.165) is 28.8 Å². The van der Waals surface area contributed by atoms with Gasteiger partial charge in [-0.3, -0.25) is 4.79 Å². The van der Waals surface area contributed by atoms with Gasteiger partial charge in [0.2, 0.25) is 5.91 Å². The number of fused-ring (bicyclic) bond motifs is 1. The molecule has 7 heteroatoms. The summed E-state index contributed by atoms with van der Waals surface area (Å²) in [4.78, 5) is 21.8. The van der Waals surface area contributed by atoms with Crippen molar-refractivity contribution in [1.29, 1.82) is 0 Å². The Morgan fingerprint density at radius 3 is 2.54 bits per heavy atom. The molecule has 1 amide bonds. The summed E-state index contributed by atoms with van der Waals surface area (Å²) in [5.41, 5.74) is 1.69. The SMILES string of the molecule is CCNc1nc(SC(C)C(=O)NC(C)c2ccc(F)cc2)nc2ccccc12. The number of anilines is 1. The summed E-state index contributed by atoms with van der Waals surface area (Å²) in [6.45, 7) is 6.45. The number of carbonyl (C=O) groups is 1. The van der Waals surface area contributed by atoms with Crippen LogP contribution >= 0.6 is 11.8 Å². The fourth-order valence-electron chi connectivity index (χ4n) is 2.79. The molecule has 0 spiro atoms. The van der Waals surface area contributed by atoms with Crippen molar-refractivity contribution < 1.29 is 9.18 Å². The number of rotatable bonds is 7. The van der Waals surface area contributed by atoms with E-state index in [-0.39, 0.29) is 23.0 Å². The molecule has 2 N–H and O–H groups in total. The van der Waals surface area contributed by atoms with E-state index < -0.39 is 0 Å². The molecule has 2 atom stereocenters. The van der Waals surface area contributed by atoms with Crippen LogP contribution in [0, 0.1) is 5.82 Å². The maximum atomic E-state index is 13.1. The minimum atomic E-state index is -0.376. The molecule has 1 heterocycles. The van der Waals surface area contributed by atoms with Crippen LogP contribution in [0.25, 0.3) is 10.9 Å². The average Bonchev–Trinajstić information content (AvgIpc) is 2.68. The Labute approximate surface area is 168 Å². The quantitative estimate of drug-likeness (QED) is 0.451. The molecular formula is C21H23FN4OS. The molecule has 3 aromatic rings. The summed E-state index contributed by atoms with van der Waals surface area (Å²) in [6, 6.07) is 13.7. The Balaban J connectivity index is 1.72. The lowest BCUT2D eigenvalue weighted by atomic mass is 10.1. The molecule has 2 aromatic carbocycles. The number of halogens is 1. The second kappa shape index (κ2) is 9.01. The number of nitrogens with zero attached hydrogens (tertiary/aromatic N) is 2. The first kappa shape index (κ1) is 20.1. The molecule has 0 saturated carbocycles. The van der Waals surface area contributed by atoms with Crippen molar-refractivity contribution in [2.75, 3.05) is 11.9 Å². The Bertz CT molecular complexity index is 964. The predicted molar refractivity (Wildman–Crippen MR) is 112 cm³/mol. The zero-order chi connectivity index (χ0) is 20.1. The van der Waals surface area contributed by atoms with Crippen molar-refractivity contribution in [3.05, 3.63) is 59.9 Å². The number of aromatic nitrogens is 2. The largest absolute Gasteiger partial charge is 0.370 e. The first-order valence-corrected chi connectivity index (χ1v) is 10.1. The fourth-order valence-corrected chi connectivity index (χ4v) is 3.57. The van der Waals surface area contributed by atoms with Crippen molar-refractivity contribution in [3.63, 3.8) is 0 Å². The number of carbonyl (C=O) groups excluding carboxylic acids is 1.